The van der Waals surface area contributed by atoms with Crippen LogP contribution < -0.4 is 15.4 Å². The Balaban J connectivity index is 2.17. The molecule has 0 spiro atoms. The third kappa shape index (κ3) is 3.45. The lowest BCUT2D eigenvalue weighted by atomic mass is 10.2. The van der Waals surface area contributed by atoms with E-state index in [1.54, 1.807) is 13.3 Å². The molecule has 0 aliphatic rings. The number of nitrogens with two attached hydrogens (primary N) is 1. The number of anilines is 1. The van der Waals surface area contributed by atoms with Crippen molar-refractivity contribution in [3.8, 4) is 5.75 Å². The van der Waals surface area contributed by atoms with Gasteiger partial charge in [0.05, 0.1) is 13.3 Å². The molecule has 19 heavy (non-hydrogen) atoms. The molecule has 1 aromatic carbocycles. The van der Waals surface area contributed by atoms with E-state index in [9.17, 15) is 0 Å². The van der Waals surface area contributed by atoms with Gasteiger partial charge in [-0.2, -0.15) is 0 Å². The molecular weight excluding hydrogens is 238 g/mol. The molecule has 1 aromatic heterocycles. The van der Waals surface area contributed by atoms with Crippen LogP contribution in [0.4, 0.5) is 5.82 Å². The third-order valence-corrected chi connectivity index (χ3v) is 2.95. The van der Waals surface area contributed by atoms with Crippen LogP contribution in [-0.4, -0.2) is 18.3 Å². The molecule has 1 atom stereocenters. The molecule has 0 saturated carbocycles. The number of nitrogens with zero attached hydrogens (tertiary/aromatic N) is 2. The number of methoxy groups -OCH3 is 1. The Morgan fingerprint density at radius 2 is 1.95 bits per heavy atom. The average Bonchev–Trinajstić information content (AvgIpc) is 2.46. The second-order valence-electron chi connectivity index (χ2n) is 4.40. The van der Waals surface area contributed by atoms with Crippen molar-refractivity contribution in [2.24, 2.45) is 5.73 Å². The Labute approximate surface area is 113 Å². The summed E-state index contributed by atoms with van der Waals surface area (Å²) in [7, 11) is 1.66. The van der Waals surface area contributed by atoms with E-state index in [0.29, 0.717) is 0 Å². The van der Waals surface area contributed by atoms with Crippen molar-refractivity contribution in [3.63, 3.8) is 0 Å². The van der Waals surface area contributed by atoms with Gasteiger partial charge in [0.1, 0.15) is 11.6 Å². The largest absolute Gasteiger partial charge is 0.497 e. The first-order valence-corrected chi connectivity index (χ1v) is 6.27. The number of hydrogen-bond acceptors (Lipinski definition) is 4. The van der Waals surface area contributed by atoms with Gasteiger partial charge in [-0.25, -0.2) is 4.98 Å². The molecule has 0 unspecified atom stereocenters. The van der Waals surface area contributed by atoms with Crippen molar-refractivity contribution >= 4 is 5.82 Å². The molecule has 0 amide bonds. The zero-order valence-corrected chi connectivity index (χ0v) is 11.3. The molecule has 100 valence electrons. The molecule has 0 bridgehead atoms. The molecule has 4 heteroatoms. The molecular formula is C15H19N3O. The van der Waals surface area contributed by atoms with Gasteiger partial charge in [0, 0.05) is 12.7 Å². The predicted octanol–water partition coefficient (Wildman–Crippen LogP) is 2.40. The van der Waals surface area contributed by atoms with Crippen molar-refractivity contribution in [1.82, 2.24) is 4.98 Å². The molecule has 0 saturated heterocycles. The van der Waals surface area contributed by atoms with Crippen LogP contribution in [0, 0.1) is 0 Å². The van der Waals surface area contributed by atoms with Crippen LogP contribution in [0.3, 0.4) is 0 Å². The van der Waals surface area contributed by atoms with Gasteiger partial charge in [-0.3, -0.25) is 0 Å². The number of aromatic nitrogens is 1. The first-order valence-electron chi connectivity index (χ1n) is 6.27. The summed E-state index contributed by atoms with van der Waals surface area (Å²) in [5.41, 5.74) is 7.20. The fourth-order valence-electron chi connectivity index (χ4n) is 1.88. The van der Waals surface area contributed by atoms with Gasteiger partial charge in [0.15, 0.2) is 0 Å². The van der Waals surface area contributed by atoms with E-state index in [1.807, 2.05) is 49.4 Å². The highest BCUT2D eigenvalue weighted by Crippen LogP contribution is 2.17. The van der Waals surface area contributed by atoms with Gasteiger partial charge in [-0.05, 0) is 36.8 Å². The van der Waals surface area contributed by atoms with Crippen LogP contribution in [0.1, 0.15) is 12.5 Å². The topological polar surface area (TPSA) is 51.4 Å². The van der Waals surface area contributed by atoms with Crippen LogP contribution in [0.15, 0.2) is 48.7 Å². The van der Waals surface area contributed by atoms with E-state index in [-0.39, 0.29) is 6.17 Å². The minimum Gasteiger partial charge on any atom is -0.497 e. The maximum Gasteiger partial charge on any atom is 0.129 e. The van der Waals surface area contributed by atoms with Gasteiger partial charge in [-0.1, -0.05) is 18.2 Å². The normalized spacial score (nSPS) is 11.9. The first-order chi connectivity index (χ1) is 9.20. The quantitative estimate of drug-likeness (QED) is 0.836. The van der Waals surface area contributed by atoms with Crippen molar-refractivity contribution < 1.29 is 4.74 Å². The molecule has 0 fully saturated rings. The molecule has 4 nitrogen and oxygen atoms in total. The fraction of sp³-hybridized carbons (Fsp3) is 0.267. The van der Waals surface area contributed by atoms with Crippen molar-refractivity contribution in [2.75, 3.05) is 12.0 Å². The summed E-state index contributed by atoms with van der Waals surface area (Å²) >= 11 is 0. The highest BCUT2D eigenvalue weighted by atomic mass is 16.5. The number of benzene rings is 1. The molecule has 0 aliphatic carbocycles. The minimum atomic E-state index is -0.1000. The highest BCUT2D eigenvalue weighted by molar-refractivity contribution is 5.40. The van der Waals surface area contributed by atoms with Crippen molar-refractivity contribution in [3.05, 3.63) is 54.2 Å². The second-order valence-corrected chi connectivity index (χ2v) is 4.40. The lowest BCUT2D eigenvalue weighted by Crippen LogP contribution is -2.39. The molecule has 0 radical (unpaired) electrons. The van der Waals surface area contributed by atoms with Crippen molar-refractivity contribution in [2.45, 2.75) is 19.6 Å². The summed E-state index contributed by atoms with van der Waals surface area (Å²) in [4.78, 5) is 6.41. The number of hydrogen-bond donors (Lipinski definition) is 1. The van der Waals surface area contributed by atoms with Gasteiger partial charge in [-0.15, -0.1) is 0 Å². The van der Waals surface area contributed by atoms with E-state index in [4.69, 9.17) is 10.5 Å². The van der Waals surface area contributed by atoms with Crippen LogP contribution in [0.2, 0.25) is 0 Å². The van der Waals surface area contributed by atoms with Gasteiger partial charge < -0.3 is 15.4 Å². The lowest BCUT2D eigenvalue weighted by molar-refractivity contribution is 0.414. The maximum atomic E-state index is 6.03. The Bertz CT molecular complexity index is 497. The van der Waals surface area contributed by atoms with Gasteiger partial charge in [0.25, 0.3) is 0 Å². The Morgan fingerprint density at radius 1 is 1.21 bits per heavy atom. The molecule has 2 aromatic rings. The number of rotatable bonds is 5. The van der Waals surface area contributed by atoms with E-state index >= 15 is 0 Å². The Morgan fingerprint density at radius 3 is 2.47 bits per heavy atom. The van der Waals surface area contributed by atoms with Crippen LogP contribution in [0.25, 0.3) is 0 Å². The minimum absolute atomic E-state index is 0.1000. The summed E-state index contributed by atoms with van der Waals surface area (Å²) in [6.07, 6.45) is 1.68. The summed E-state index contributed by atoms with van der Waals surface area (Å²) in [5.74, 6) is 1.74. The summed E-state index contributed by atoms with van der Waals surface area (Å²) < 4.78 is 5.16. The monoisotopic (exact) mass is 257 g/mol. The highest BCUT2D eigenvalue weighted by Gasteiger charge is 2.12. The molecule has 0 aliphatic heterocycles. The summed E-state index contributed by atoms with van der Waals surface area (Å²) in [5, 5.41) is 0. The second kappa shape index (κ2) is 6.20. The van der Waals surface area contributed by atoms with Crippen molar-refractivity contribution in [1.29, 1.82) is 0 Å². The summed E-state index contributed by atoms with van der Waals surface area (Å²) in [6, 6.07) is 13.8. The Kier molecular flexibility index (Phi) is 4.36. The maximum absolute atomic E-state index is 6.03. The van der Waals surface area contributed by atoms with Gasteiger partial charge in [0.2, 0.25) is 0 Å². The zero-order valence-electron chi connectivity index (χ0n) is 11.3. The van der Waals surface area contributed by atoms with Gasteiger partial charge >= 0.3 is 0 Å². The van der Waals surface area contributed by atoms with Crippen LogP contribution >= 0.6 is 0 Å². The van der Waals surface area contributed by atoms with Crippen LogP contribution in [0.5, 0.6) is 5.75 Å². The smallest absolute Gasteiger partial charge is 0.129 e. The molecule has 1 heterocycles. The van der Waals surface area contributed by atoms with E-state index < -0.39 is 0 Å². The number of ether oxygens (including phenoxy) is 1. The average molecular weight is 257 g/mol. The zero-order chi connectivity index (χ0) is 13.7. The molecule has 2 N–H and O–H groups in total. The lowest BCUT2D eigenvalue weighted by Gasteiger charge is -2.27. The Hall–Kier alpha value is -2.07. The number of pyridine rings is 1. The SMILES string of the molecule is COc1ccc(CN(c2ccccn2)[C@H](C)N)cc1. The third-order valence-electron chi connectivity index (χ3n) is 2.95. The standard InChI is InChI=1S/C15H19N3O/c1-12(16)18(15-5-3-4-10-17-15)11-13-6-8-14(19-2)9-7-13/h3-10,12H,11,16H2,1-2H3/t12-/m1/s1. The van der Waals surface area contributed by atoms with E-state index in [0.717, 1.165) is 18.1 Å². The predicted molar refractivity (Wildman–Crippen MR) is 77.1 cm³/mol. The first kappa shape index (κ1) is 13.4. The summed E-state index contributed by atoms with van der Waals surface area (Å²) in [6.45, 7) is 2.68. The van der Waals surface area contributed by atoms with E-state index in [1.165, 1.54) is 5.56 Å². The fourth-order valence-corrected chi connectivity index (χ4v) is 1.88. The van der Waals surface area contributed by atoms with Crippen LogP contribution in [-0.2, 0) is 6.54 Å². The molecule has 2 rings (SSSR count). The van der Waals surface area contributed by atoms with E-state index in [2.05, 4.69) is 9.88 Å².